The second-order valence-electron chi connectivity index (χ2n) is 7.65. The maximum Gasteiger partial charge on any atom is 0.360 e. The fourth-order valence-corrected chi connectivity index (χ4v) is 3.48. The van der Waals surface area contributed by atoms with Crippen LogP contribution in [0.25, 0.3) is 0 Å². The molecular formula is C26H29NO5. The molecule has 1 aliphatic rings. The largest absolute Gasteiger partial charge is 0.489 e. The van der Waals surface area contributed by atoms with Crippen molar-refractivity contribution in [2.24, 2.45) is 5.16 Å². The van der Waals surface area contributed by atoms with Crippen LogP contribution in [0.1, 0.15) is 32.3 Å². The molecule has 0 spiro atoms. The predicted octanol–water partition coefficient (Wildman–Crippen LogP) is 5.25. The van der Waals surface area contributed by atoms with Gasteiger partial charge in [0.15, 0.2) is 5.71 Å². The van der Waals surface area contributed by atoms with E-state index in [0.29, 0.717) is 31.8 Å². The fraction of sp³-hybridized carbons (Fsp3) is 0.308. The van der Waals surface area contributed by atoms with Crippen LogP contribution in [-0.4, -0.2) is 32.5 Å². The zero-order chi connectivity index (χ0) is 22.9. The van der Waals surface area contributed by atoms with E-state index in [0.717, 1.165) is 22.5 Å². The first-order chi connectivity index (χ1) is 15.5. The lowest BCUT2D eigenvalue weighted by Crippen LogP contribution is -2.24. The van der Waals surface area contributed by atoms with Crippen molar-refractivity contribution in [3.05, 3.63) is 82.5 Å². The molecular weight excluding hydrogens is 406 g/mol. The van der Waals surface area contributed by atoms with Crippen molar-refractivity contribution in [1.82, 2.24) is 0 Å². The molecule has 6 heteroatoms. The molecule has 0 amide bonds. The summed E-state index contributed by atoms with van der Waals surface area (Å²) in [5, 5.41) is 3.94. The molecule has 0 aliphatic heterocycles. The van der Waals surface area contributed by atoms with E-state index in [1.165, 1.54) is 25.4 Å². The molecule has 0 saturated carbocycles. The van der Waals surface area contributed by atoms with Gasteiger partial charge >= 0.3 is 5.97 Å². The number of benzene rings is 2. The molecule has 2 aromatic rings. The van der Waals surface area contributed by atoms with Gasteiger partial charge in [-0.1, -0.05) is 52.7 Å². The van der Waals surface area contributed by atoms with E-state index in [4.69, 9.17) is 19.0 Å². The van der Waals surface area contributed by atoms with Gasteiger partial charge in [0, 0.05) is 6.07 Å². The van der Waals surface area contributed by atoms with Crippen LogP contribution in [0.15, 0.2) is 82.0 Å². The maximum atomic E-state index is 12.3. The van der Waals surface area contributed by atoms with Crippen LogP contribution in [0, 0.1) is 0 Å². The second-order valence-corrected chi connectivity index (χ2v) is 7.65. The van der Waals surface area contributed by atoms with Gasteiger partial charge in [0.1, 0.15) is 31.8 Å². The molecule has 0 radical (unpaired) electrons. The van der Waals surface area contributed by atoms with Crippen LogP contribution in [0.4, 0.5) is 0 Å². The molecule has 0 saturated heterocycles. The van der Waals surface area contributed by atoms with Crippen molar-refractivity contribution in [1.29, 1.82) is 0 Å². The highest BCUT2D eigenvalue weighted by molar-refractivity contribution is 6.43. The standard InChI is InChI=1S/C26H29NO5/c1-18-13-21(24(14-19(18)2)25(27-30-4)26(28)29-3)17-32-23-12-8-11-22(15-23)31-16-20-9-6-5-7-10-20/h5-12,15H,13-14,16-17H2,1-4H3. The first-order valence-electron chi connectivity index (χ1n) is 10.5. The Morgan fingerprint density at radius 3 is 2.19 bits per heavy atom. The monoisotopic (exact) mass is 435 g/mol. The van der Waals surface area contributed by atoms with Crippen LogP contribution in [-0.2, 0) is 21.0 Å². The molecule has 0 N–H and O–H groups in total. The quantitative estimate of drug-likeness (QED) is 0.233. The number of esters is 1. The summed E-state index contributed by atoms with van der Waals surface area (Å²) in [4.78, 5) is 17.2. The van der Waals surface area contributed by atoms with Gasteiger partial charge in [-0.3, -0.25) is 0 Å². The summed E-state index contributed by atoms with van der Waals surface area (Å²) in [6, 6.07) is 17.5. The number of rotatable bonds is 9. The Balaban J connectivity index is 1.75. The van der Waals surface area contributed by atoms with Gasteiger partial charge in [-0.05, 0) is 55.5 Å². The Morgan fingerprint density at radius 2 is 1.53 bits per heavy atom. The number of nitrogens with zero attached hydrogens (tertiary/aromatic N) is 1. The van der Waals surface area contributed by atoms with Crippen molar-refractivity contribution >= 4 is 11.7 Å². The highest BCUT2D eigenvalue weighted by Gasteiger charge is 2.26. The van der Waals surface area contributed by atoms with Gasteiger partial charge in [0.2, 0.25) is 0 Å². The Kier molecular flexibility index (Phi) is 8.08. The third-order valence-electron chi connectivity index (χ3n) is 5.39. The molecule has 1 aliphatic carbocycles. The number of methoxy groups -OCH3 is 1. The first-order valence-corrected chi connectivity index (χ1v) is 10.5. The van der Waals surface area contributed by atoms with Gasteiger partial charge < -0.3 is 19.0 Å². The number of hydrogen-bond acceptors (Lipinski definition) is 6. The molecule has 168 valence electrons. The highest BCUT2D eigenvalue weighted by Crippen LogP contribution is 2.32. The summed E-state index contributed by atoms with van der Waals surface area (Å²) in [5.41, 5.74) is 5.51. The van der Waals surface area contributed by atoms with Gasteiger partial charge in [0.05, 0.1) is 7.11 Å². The minimum Gasteiger partial charge on any atom is -0.489 e. The summed E-state index contributed by atoms with van der Waals surface area (Å²) in [7, 11) is 2.75. The van der Waals surface area contributed by atoms with E-state index in [-0.39, 0.29) is 5.71 Å². The highest BCUT2D eigenvalue weighted by atomic mass is 16.6. The number of hydrogen-bond donors (Lipinski definition) is 0. The number of ether oxygens (including phenoxy) is 3. The van der Waals surface area contributed by atoms with Crippen LogP contribution in [0.5, 0.6) is 11.5 Å². The summed E-state index contributed by atoms with van der Waals surface area (Å²) in [6.07, 6.45) is 1.30. The zero-order valence-corrected chi connectivity index (χ0v) is 19.0. The Morgan fingerprint density at radius 1 is 0.875 bits per heavy atom. The zero-order valence-electron chi connectivity index (χ0n) is 19.0. The average molecular weight is 436 g/mol. The summed E-state index contributed by atoms with van der Waals surface area (Å²) < 4.78 is 16.9. The third kappa shape index (κ3) is 6.00. The summed E-state index contributed by atoms with van der Waals surface area (Å²) >= 11 is 0. The Labute approximate surface area is 189 Å². The lowest BCUT2D eigenvalue weighted by Gasteiger charge is -2.23. The van der Waals surface area contributed by atoms with E-state index < -0.39 is 5.97 Å². The van der Waals surface area contributed by atoms with E-state index in [9.17, 15) is 4.79 Å². The molecule has 6 nitrogen and oxygen atoms in total. The second kappa shape index (κ2) is 11.2. The normalized spacial score (nSPS) is 14.3. The van der Waals surface area contributed by atoms with Crippen LogP contribution in [0.3, 0.4) is 0 Å². The SMILES string of the molecule is CON=C(C(=O)OC)C1=C(COc2cccc(OCc3ccccc3)c2)CC(C)=C(C)C1. The number of carbonyl (C=O) groups is 1. The number of allylic oxidation sites excluding steroid dienone is 2. The fourth-order valence-electron chi connectivity index (χ4n) is 3.48. The minimum atomic E-state index is -0.525. The number of oxime groups is 1. The molecule has 0 bridgehead atoms. The molecule has 0 unspecified atom stereocenters. The third-order valence-corrected chi connectivity index (χ3v) is 5.39. The van der Waals surface area contributed by atoms with Crippen LogP contribution >= 0.6 is 0 Å². The predicted molar refractivity (Wildman–Crippen MR) is 124 cm³/mol. The molecule has 2 aromatic carbocycles. The van der Waals surface area contributed by atoms with Crippen molar-refractivity contribution in [3.8, 4) is 11.5 Å². The van der Waals surface area contributed by atoms with E-state index in [1.807, 2.05) is 54.6 Å². The molecule has 0 atom stereocenters. The van der Waals surface area contributed by atoms with E-state index in [1.54, 1.807) is 0 Å². The lowest BCUT2D eigenvalue weighted by molar-refractivity contribution is -0.132. The van der Waals surface area contributed by atoms with Gasteiger partial charge in [-0.15, -0.1) is 0 Å². The average Bonchev–Trinajstić information content (AvgIpc) is 2.82. The van der Waals surface area contributed by atoms with Gasteiger partial charge in [0.25, 0.3) is 0 Å². The van der Waals surface area contributed by atoms with Gasteiger partial charge in [-0.25, -0.2) is 4.79 Å². The van der Waals surface area contributed by atoms with E-state index in [2.05, 4.69) is 19.0 Å². The molecule has 0 heterocycles. The summed E-state index contributed by atoms with van der Waals surface area (Å²) in [5.74, 6) is 0.893. The van der Waals surface area contributed by atoms with Crippen LogP contribution in [0.2, 0.25) is 0 Å². The van der Waals surface area contributed by atoms with Crippen molar-refractivity contribution in [2.75, 3.05) is 20.8 Å². The molecule has 32 heavy (non-hydrogen) atoms. The maximum absolute atomic E-state index is 12.3. The van der Waals surface area contributed by atoms with E-state index >= 15 is 0 Å². The van der Waals surface area contributed by atoms with Crippen molar-refractivity contribution in [2.45, 2.75) is 33.3 Å². The van der Waals surface area contributed by atoms with Gasteiger partial charge in [-0.2, -0.15) is 0 Å². The lowest BCUT2D eigenvalue weighted by atomic mass is 9.85. The molecule has 0 fully saturated rings. The topological polar surface area (TPSA) is 66.4 Å². The summed E-state index contributed by atoms with van der Waals surface area (Å²) in [6.45, 7) is 4.96. The van der Waals surface area contributed by atoms with Crippen molar-refractivity contribution < 1.29 is 23.8 Å². The van der Waals surface area contributed by atoms with Crippen LogP contribution < -0.4 is 9.47 Å². The Hall–Kier alpha value is -3.54. The molecule has 0 aromatic heterocycles. The number of carbonyl (C=O) groups excluding carboxylic acids is 1. The smallest absolute Gasteiger partial charge is 0.360 e. The molecule has 3 rings (SSSR count). The first kappa shape index (κ1) is 23.1. The minimum absolute atomic E-state index is 0.181. The van der Waals surface area contributed by atoms with Crippen molar-refractivity contribution in [3.63, 3.8) is 0 Å². The Bertz CT molecular complexity index is 1040.